The summed E-state index contributed by atoms with van der Waals surface area (Å²) in [5.74, 6) is -0.737. The highest BCUT2D eigenvalue weighted by molar-refractivity contribution is 7.80. The van der Waals surface area contributed by atoms with Gasteiger partial charge in [-0.05, 0) is 0 Å². The fourth-order valence-corrected chi connectivity index (χ4v) is 2.05. The molecule has 148 valence electrons. The van der Waals surface area contributed by atoms with E-state index in [0.717, 1.165) is 0 Å². The Morgan fingerprint density at radius 3 is 1.28 bits per heavy atom. The fraction of sp³-hybridized carbons (Fsp3) is 0.857. The summed E-state index contributed by atoms with van der Waals surface area (Å²) in [7, 11) is 0. The summed E-state index contributed by atoms with van der Waals surface area (Å²) in [6.07, 6.45) is 0.0328. The van der Waals surface area contributed by atoms with E-state index in [-0.39, 0.29) is 24.3 Å². The predicted octanol–water partition coefficient (Wildman–Crippen LogP) is -1.82. The van der Waals surface area contributed by atoms with E-state index in [4.69, 9.17) is 14.2 Å². The first kappa shape index (κ1) is 24.4. The van der Waals surface area contributed by atoms with Crippen molar-refractivity contribution in [3.8, 4) is 0 Å². The molecule has 0 aliphatic rings. The molecule has 11 heteroatoms. The molecule has 0 amide bonds. The van der Waals surface area contributed by atoms with Crippen LogP contribution < -0.4 is 0 Å². The topological polar surface area (TPSA) is 143 Å². The lowest BCUT2D eigenvalue weighted by molar-refractivity contribution is -0.245. The minimum absolute atomic E-state index is 0.0164. The second kappa shape index (κ2) is 12.7. The lowest BCUT2D eigenvalue weighted by Gasteiger charge is -2.39. The van der Waals surface area contributed by atoms with Crippen LogP contribution in [0.1, 0.15) is 12.8 Å². The van der Waals surface area contributed by atoms with E-state index in [0.29, 0.717) is 0 Å². The second-order valence-electron chi connectivity index (χ2n) is 5.37. The Morgan fingerprint density at radius 1 is 0.720 bits per heavy atom. The van der Waals surface area contributed by atoms with E-state index in [9.17, 15) is 30.0 Å². The van der Waals surface area contributed by atoms with Gasteiger partial charge in [-0.25, -0.2) is 0 Å². The average molecular weight is 402 g/mol. The van der Waals surface area contributed by atoms with Crippen molar-refractivity contribution < 1.29 is 44.2 Å². The summed E-state index contributed by atoms with van der Waals surface area (Å²) in [5.41, 5.74) is -3.60. The highest BCUT2D eigenvalue weighted by atomic mass is 32.1. The Hall–Kier alpha value is -0.560. The molecular weight excluding hydrogens is 376 g/mol. The van der Waals surface area contributed by atoms with Crippen LogP contribution in [0, 0.1) is 0 Å². The maximum atomic E-state index is 11.4. The third-order valence-electron chi connectivity index (χ3n) is 3.21. The van der Waals surface area contributed by atoms with Gasteiger partial charge < -0.3 is 34.6 Å². The third kappa shape index (κ3) is 8.58. The molecule has 0 aromatic heterocycles. The van der Waals surface area contributed by atoms with Crippen LogP contribution in [0.5, 0.6) is 0 Å². The van der Waals surface area contributed by atoms with E-state index in [1.54, 1.807) is 0 Å². The molecule has 0 aliphatic carbocycles. The number of esters is 2. The highest BCUT2D eigenvalue weighted by Crippen LogP contribution is 2.23. The first-order chi connectivity index (χ1) is 11.9. The van der Waals surface area contributed by atoms with Crippen molar-refractivity contribution in [2.45, 2.75) is 24.0 Å². The molecule has 0 rings (SSSR count). The lowest BCUT2D eigenvalue weighted by Crippen LogP contribution is -2.58. The lowest BCUT2D eigenvalue weighted by atomic mass is 10.0. The maximum absolute atomic E-state index is 11.4. The van der Waals surface area contributed by atoms with Gasteiger partial charge in [0.05, 0.1) is 39.3 Å². The summed E-state index contributed by atoms with van der Waals surface area (Å²) in [6, 6.07) is 0. The van der Waals surface area contributed by atoms with Gasteiger partial charge >= 0.3 is 11.9 Å². The highest BCUT2D eigenvalue weighted by Gasteiger charge is 2.43. The molecule has 0 radical (unpaired) electrons. The van der Waals surface area contributed by atoms with Crippen molar-refractivity contribution >= 4 is 37.2 Å². The van der Waals surface area contributed by atoms with Crippen LogP contribution in [0.3, 0.4) is 0 Å². The molecule has 4 N–H and O–H groups in total. The van der Waals surface area contributed by atoms with Gasteiger partial charge in [0.15, 0.2) is 0 Å². The molecule has 0 fully saturated rings. The van der Waals surface area contributed by atoms with Gasteiger partial charge in [0.2, 0.25) is 0 Å². The van der Waals surface area contributed by atoms with Gasteiger partial charge in [-0.3, -0.25) is 9.59 Å². The second-order valence-corrected chi connectivity index (χ2v) is 6.26. The zero-order chi connectivity index (χ0) is 19.3. The van der Waals surface area contributed by atoms with Crippen LogP contribution >= 0.6 is 25.3 Å². The van der Waals surface area contributed by atoms with Crippen molar-refractivity contribution in [1.29, 1.82) is 0 Å². The van der Waals surface area contributed by atoms with Gasteiger partial charge in [0.25, 0.3) is 0 Å². The monoisotopic (exact) mass is 402 g/mol. The first-order valence-corrected chi connectivity index (χ1v) is 8.79. The van der Waals surface area contributed by atoms with Crippen molar-refractivity contribution in [2.24, 2.45) is 0 Å². The first-order valence-electron chi connectivity index (χ1n) is 7.53. The Labute approximate surface area is 157 Å². The molecule has 0 aromatic rings. The summed E-state index contributed by atoms with van der Waals surface area (Å²) in [5, 5.41) is 38.3. The van der Waals surface area contributed by atoms with E-state index >= 15 is 0 Å². The molecule has 0 aromatic carbocycles. The van der Waals surface area contributed by atoms with E-state index in [2.05, 4.69) is 25.3 Å². The largest absolute Gasteiger partial charge is 0.462 e. The summed E-state index contributed by atoms with van der Waals surface area (Å²) >= 11 is 7.77. The Morgan fingerprint density at radius 2 is 1.04 bits per heavy atom. The number of rotatable bonds is 14. The van der Waals surface area contributed by atoms with Crippen LogP contribution in [0.2, 0.25) is 0 Å². The molecular formula is C14H26O9S2. The zero-order valence-corrected chi connectivity index (χ0v) is 15.6. The Balaban J connectivity index is 5.08. The summed E-state index contributed by atoms with van der Waals surface area (Å²) < 4.78 is 15.3. The van der Waals surface area contributed by atoms with Gasteiger partial charge in [0, 0.05) is 11.5 Å². The standard InChI is InChI=1S/C14H26O9S2/c15-5-13(6-16,9-21-11(19)1-3-24)23-14(7-17,8-18)10-22-12(20)2-4-25/h15-18,24-25H,1-10H2. The minimum atomic E-state index is -1.80. The van der Waals surface area contributed by atoms with E-state index < -0.39 is 62.8 Å². The van der Waals surface area contributed by atoms with Crippen molar-refractivity contribution in [3.05, 3.63) is 0 Å². The van der Waals surface area contributed by atoms with Crippen LogP contribution in [0.15, 0.2) is 0 Å². The number of hydrogen-bond donors (Lipinski definition) is 6. The van der Waals surface area contributed by atoms with Crippen molar-refractivity contribution in [2.75, 3.05) is 51.1 Å². The maximum Gasteiger partial charge on any atom is 0.306 e. The molecule has 0 spiro atoms. The Kier molecular flexibility index (Phi) is 12.5. The molecule has 0 saturated heterocycles. The smallest absolute Gasteiger partial charge is 0.306 e. The number of carbonyl (C=O) groups excluding carboxylic acids is 2. The van der Waals surface area contributed by atoms with Crippen LogP contribution in [-0.2, 0) is 23.8 Å². The van der Waals surface area contributed by atoms with Crippen LogP contribution in [-0.4, -0.2) is 94.7 Å². The number of ether oxygens (including phenoxy) is 3. The minimum Gasteiger partial charge on any atom is -0.462 e. The summed E-state index contributed by atoms with van der Waals surface area (Å²) in [6.45, 7) is -4.15. The molecule has 0 atom stereocenters. The molecule has 0 saturated carbocycles. The number of aliphatic hydroxyl groups is 4. The number of carbonyl (C=O) groups is 2. The van der Waals surface area contributed by atoms with Crippen LogP contribution in [0.25, 0.3) is 0 Å². The third-order valence-corrected chi connectivity index (χ3v) is 3.66. The number of hydrogen-bond acceptors (Lipinski definition) is 11. The van der Waals surface area contributed by atoms with Gasteiger partial charge in [-0.15, -0.1) is 0 Å². The van der Waals surface area contributed by atoms with Gasteiger partial charge in [0.1, 0.15) is 24.4 Å². The van der Waals surface area contributed by atoms with E-state index in [1.165, 1.54) is 0 Å². The number of aliphatic hydroxyl groups excluding tert-OH is 4. The number of thiol groups is 2. The summed E-state index contributed by atoms with van der Waals surface area (Å²) in [4.78, 5) is 22.9. The van der Waals surface area contributed by atoms with E-state index in [1.807, 2.05) is 0 Å². The quantitative estimate of drug-likeness (QED) is 0.146. The molecule has 9 nitrogen and oxygen atoms in total. The predicted molar refractivity (Wildman–Crippen MR) is 93.7 cm³/mol. The zero-order valence-electron chi connectivity index (χ0n) is 13.8. The molecule has 0 unspecified atom stereocenters. The van der Waals surface area contributed by atoms with Gasteiger partial charge in [-0.1, -0.05) is 0 Å². The molecule has 0 heterocycles. The molecule has 25 heavy (non-hydrogen) atoms. The SMILES string of the molecule is O=C(CCS)OCC(CO)(CO)OC(CO)(CO)COC(=O)CCS. The van der Waals surface area contributed by atoms with Crippen LogP contribution in [0.4, 0.5) is 0 Å². The molecule has 0 aliphatic heterocycles. The normalized spacial score (nSPS) is 12.1. The average Bonchev–Trinajstić information content (AvgIpc) is 2.62. The molecule has 0 bridgehead atoms. The Bertz CT molecular complexity index is 362. The van der Waals surface area contributed by atoms with Crippen molar-refractivity contribution in [1.82, 2.24) is 0 Å². The van der Waals surface area contributed by atoms with Gasteiger partial charge in [-0.2, -0.15) is 25.3 Å². The fourth-order valence-electron chi connectivity index (χ4n) is 1.68. The van der Waals surface area contributed by atoms with Crippen molar-refractivity contribution in [3.63, 3.8) is 0 Å².